The van der Waals surface area contributed by atoms with Gasteiger partial charge in [-0.3, -0.25) is 0 Å². The minimum absolute atomic E-state index is 0.133. The predicted octanol–water partition coefficient (Wildman–Crippen LogP) is 2.72. The average molecular weight is 267 g/mol. The van der Waals surface area contributed by atoms with Crippen LogP contribution in [0.3, 0.4) is 0 Å². The van der Waals surface area contributed by atoms with Crippen molar-refractivity contribution in [2.24, 2.45) is 0 Å². The Morgan fingerprint density at radius 2 is 2.21 bits per heavy atom. The van der Waals surface area contributed by atoms with Crippen LogP contribution in [-0.4, -0.2) is 23.3 Å². The Balaban J connectivity index is 2.27. The molecule has 1 saturated heterocycles. The van der Waals surface area contributed by atoms with Gasteiger partial charge in [-0.1, -0.05) is 19.0 Å². The van der Waals surface area contributed by atoms with Crippen molar-refractivity contribution in [3.05, 3.63) is 11.7 Å². The standard InChI is InChI=1S/C14H25N3O2/c1-5-13(4,18-7-3)11-16-12(19-17-11)14(6-2)9-8-10-15-14/h15H,5-10H2,1-4H3. The first-order chi connectivity index (χ1) is 9.10. The van der Waals surface area contributed by atoms with Gasteiger partial charge in [0.2, 0.25) is 11.7 Å². The van der Waals surface area contributed by atoms with Crippen molar-refractivity contribution in [2.75, 3.05) is 13.2 Å². The van der Waals surface area contributed by atoms with E-state index in [9.17, 15) is 0 Å². The van der Waals surface area contributed by atoms with Gasteiger partial charge in [-0.05, 0) is 46.1 Å². The van der Waals surface area contributed by atoms with E-state index in [1.165, 1.54) is 0 Å². The van der Waals surface area contributed by atoms with Crippen LogP contribution in [0, 0.1) is 0 Å². The van der Waals surface area contributed by atoms with Gasteiger partial charge in [0.05, 0.1) is 5.54 Å². The van der Waals surface area contributed by atoms with Crippen molar-refractivity contribution in [2.45, 2.75) is 64.5 Å². The summed E-state index contributed by atoms with van der Waals surface area (Å²) < 4.78 is 11.3. The van der Waals surface area contributed by atoms with Crippen LogP contribution in [0.4, 0.5) is 0 Å². The first-order valence-electron chi connectivity index (χ1n) is 7.34. The van der Waals surface area contributed by atoms with Crippen LogP contribution in [0.1, 0.15) is 65.1 Å². The Hall–Kier alpha value is -0.940. The molecular weight excluding hydrogens is 242 g/mol. The molecule has 0 amide bonds. The zero-order chi connectivity index (χ0) is 13.9. The van der Waals surface area contributed by atoms with Crippen molar-refractivity contribution in [1.82, 2.24) is 15.5 Å². The van der Waals surface area contributed by atoms with E-state index < -0.39 is 5.60 Å². The Morgan fingerprint density at radius 3 is 2.74 bits per heavy atom. The lowest BCUT2D eigenvalue weighted by Gasteiger charge is -2.25. The lowest BCUT2D eigenvalue weighted by Crippen LogP contribution is -2.36. The number of aromatic nitrogens is 2. The van der Waals surface area contributed by atoms with Gasteiger partial charge in [0, 0.05) is 6.61 Å². The van der Waals surface area contributed by atoms with Gasteiger partial charge < -0.3 is 14.6 Å². The summed E-state index contributed by atoms with van der Waals surface area (Å²) in [4.78, 5) is 4.63. The number of hydrogen-bond donors (Lipinski definition) is 1. The zero-order valence-electron chi connectivity index (χ0n) is 12.5. The maximum Gasteiger partial charge on any atom is 0.247 e. The van der Waals surface area contributed by atoms with Crippen molar-refractivity contribution in [3.8, 4) is 0 Å². The van der Waals surface area contributed by atoms with Crippen LogP contribution in [0.5, 0.6) is 0 Å². The molecule has 1 aliphatic heterocycles. The highest BCUT2D eigenvalue weighted by molar-refractivity contribution is 5.09. The third-order valence-electron chi connectivity index (χ3n) is 4.29. The number of nitrogens with zero attached hydrogens (tertiary/aromatic N) is 2. The highest BCUT2D eigenvalue weighted by atomic mass is 16.5. The van der Waals surface area contributed by atoms with Crippen molar-refractivity contribution >= 4 is 0 Å². The molecule has 0 bridgehead atoms. The molecule has 0 aliphatic carbocycles. The van der Waals surface area contributed by atoms with Crippen molar-refractivity contribution in [1.29, 1.82) is 0 Å². The Bertz CT molecular complexity index is 413. The Labute approximate surface area is 115 Å². The average Bonchev–Trinajstić information content (AvgIpc) is 3.08. The van der Waals surface area contributed by atoms with E-state index in [0.29, 0.717) is 18.3 Å². The Kier molecular flexibility index (Phi) is 4.26. The third kappa shape index (κ3) is 2.54. The topological polar surface area (TPSA) is 60.2 Å². The van der Waals surface area contributed by atoms with Crippen LogP contribution < -0.4 is 5.32 Å². The van der Waals surface area contributed by atoms with Crippen molar-refractivity contribution in [3.63, 3.8) is 0 Å². The SMILES string of the molecule is CCOC(C)(CC)c1noc(C2(CC)CCCN2)n1. The van der Waals surface area contributed by atoms with E-state index in [0.717, 1.165) is 32.2 Å². The van der Waals surface area contributed by atoms with Gasteiger partial charge in [-0.25, -0.2) is 0 Å². The predicted molar refractivity (Wildman–Crippen MR) is 72.8 cm³/mol. The van der Waals surface area contributed by atoms with Crippen molar-refractivity contribution < 1.29 is 9.26 Å². The number of hydrogen-bond acceptors (Lipinski definition) is 5. The molecule has 0 spiro atoms. The number of rotatable bonds is 6. The molecule has 1 N–H and O–H groups in total. The van der Waals surface area contributed by atoms with Gasteiger partial charge in [0.25, 0.3) is 0 Å². The molecule has 5 heteroatoms. The summed E-state index contributed by atoms with van der Waals surface area (Å²) in [6, 6.07) is 0. The summed E-state index contributed by atoms with van der Waals surface area (Å²) in [6.45, 7) is 9.90. The molecule has 2 atom stereocenters. The van der Waals surface area contributed by atoms with Crippen LogP contribution in [0.15, 0.2) is 4.52 Å². The maximum absolute atomic E-state index is 5.80. The molecule has 5 nitrogen and oxygen atoms in total. The van der Waals surface area contributed by atoms with E-state index in [-0.39, 0.29) is 5.54 Å². The second-order valence-corrected chi connectivity index (χ2v) is 5.41. The maximum atomic E-state index is 5.80. The molecule has 2 unspecified atom stereocenters. The van der Waals surface area contributed by atoms with E-state index in [1.807, 2.05) is 13.8 Å². The second-order valence-electron chi connectivity index (χ2n) is 5.41. The highest BCUT2D eigenvalue weighted by Crippen LogP contribution is 2.35. The quantitative estimate of drug-likeness (QED) is 0.858. The normalized spacial score (nSPS) is 26.5. The van der Waals surface area contributed by atoms with Gasteiger partial charge in [-0.2, -0.15) is 4.98 Å². The summed E-state index contributed by atoms with van der Waals surface area (Å²) in [5.74, 6) is 1.37. The second kappa shape index (κ2) is 5.59. The van der Waals surface area contributed by atoms with E-state index in [1.54, 1.807) is 0 Å². The van der Waals surface area contributed by atoms with Crippen LogP contribution in [-0.2, 0) is 15.9 Å². The molecule has 0 saturated carbocycles. The van der Waals surface area contributed by atoms with Gasteiger partial charge >= 0.3 is 0 Å². The van der Waals surface area contributed by atoms with Crippen LogP contribution in [0.2, 0.25) is 0 Å². The number of ether oxygens (including phenoxy) is 1. The minimum Gasteiger partial charge on any atom is -0.367 e. The molecule has 108 valence electrons. The van der Waals surface area contributed by atoms with Crippen LogP contribution >= 0.6 is 0 Å². The van der Waals surface area contributed by atoms with E-state index in [2.05, 4.69) is 29.3 Å². The fraction of sp³-hybridized carbons (Fsp3) is 0.857. The minimum atomic E-state index is -0.454. The van der Waals surface area contributed by atoms with E-state index >= 15 is 0 Å². The molecule has 19 heavy (non-hydrogen) atoms. The molecule has 2 heterocycles. The molecular formula is C14H25N3O2. The molecule has 1 fully saturated rings. The molecule has 0 radical (unpaired) electrons. The summed E-state index contributed by atoms with van der Waals surface area (Å²) in [7, 11) is 0. The fourth-order valence-corrected chi connectivity index (χ4v) is 2.72. The van der Waals surface area contributed by atoms with Gasteiger partial charge in [-0.15, -0.1) is 0 Å². The first kappa shape index (κ1) is 14.5. The molecule has 1 aliphatic rings. The summed E-state index contributed by atoms with van der Waals surface area (Å²) in [5.41, 5.74) is -0.587. The van der Waals surface area contributed by atoms with Crippen LogP contribution in [0.25, 0.3) is 0 Å². The largest absolute Gasteiger partial charge is 0.367 e. The summed E-state index contributed by atoms with van der Waals surface area (Å²) in [6.07, 6.45) is 4.00. The Morgan fingerprint density at radius 1 is 1.42 bits per heavy atom. The fourth-order valence-electron chi connectivity index (χ4n) is 2.72. The molecule has 2 rings (SSSR count). The lowest BCUT2D eigenvalue weighted by molar-refractivity contribution is -0.0403. The highest BCUT2D eigenvalue weighted by Gasteiger charge is 2.41. The van der Waals surface area contributed by atoms with Gasteiger partial charge in [0.1, 0.15) is 5.60 Å². The zero-order valence-corrected chi connectivity index (χ0v) is 12.5. The summed E-state index contributed by atoms with van der Waals surface area (Å²) in [5, 5.41) is 7.68. The van der Waals surface area contributed by atoms with Gasteiger partial charge in [0.15, 0.2) is 0 Å². The monoisotopic (exact) mass is 267 g/mol. The molecule has 1 aromatic rings. The molecule has 1 aromatic heterocycles. The molecule has 0 aromatic carbocycles. The first-order valence-corrected chi connectivity index (χ1v) is 7.34. The van der Waals surface area contributed by atoms with E-state index in [4.69, 9.17) is 9.26 Å². The lowest BCUT2D eigenvalue weighted by atomic mass is 9.94. The third-order valence-corrected chi connectivity index (χ3v) is 4.29. The number of nitrogens with one attached hydrogen (secondary N) is 1. The smallest absolute Gasteiger partial charge is 0.247 e. The summed E-state index contributed by atoms with van der Waals surface area (Å²) >= 11 is 0.